The van der Waals surface area contributed by atoms with Crippen LogP contribution in [0.3, 0.4) is 0 Å². The third kappa shape index (κ3) is 6.28. The van der Waals surface area contributed by atoms with Crippen molar-refractivity contribution in [2.45, 2.75) is 38.5 Å². The molecule has 0 bridgehead atoms. The molecule has 0 fully saturated rings. The zero-order valence-corrected chi connectivity index (χ0v) is 24.1. The molecule has 0 atom stereocenters. The van der Waals surface area contributed by atoms with Gasteiger partial charge in [-0.1, -0.05) is 91.0 Å². The summed E-state index contributed by atoms with van der Waals surface area (Å²) in [5, 5.41) is 8.49. The highest BCUT2D eigenvalue weighted by Gasteiger charge is 2.37. The molecule has 5 rings (SSSR count). The number of hydrogen-bond acceptors (Lipinski definition) is 6. The van der Waals surface area contributed by atoms with Gasteiger partial charge in [0, 0.05) is 6.07 Å². The topological polar surface area (TPSA) is 98.3 Å². The molecule has 0 spiro atoms. The van der Waals surface area contributed by atoms with Gasteiger partial charge in [0.2, 0.25) is 0 Å². The zero-order chi connectivity index (χ0) is 29.6. The number of amides is 1. The average Bonchev–Trinajstić information content (AvgIpc) is 3.44. The molecule has 8 heteroatoms. The van der Waals surface area contributed by atoms with Crippen molar-refractivity contribution < 1.29 is 9.53 Å². The maximum absolute atomic E-state index is 13.3. The first-order chi connectivity index (χ1) is 20.3. The smallest absolute Gasteiger partial charge is 0.416 e. The monoisotopic (exact) mass is 560 g/mol. The van der Waals surface area contributed by atoms with Crippen molar-refractivity contribution in [3.8, 4) is 0 Å². The zero-order valence-electron chi connectivity index (χ0n) is 24.1. The number of nitrogens with zero attached hydrogens (tertiary/aromatic N) is 4. The summed E-state index contributed by atoms with van der Waals surface area (Å²) in [5.41, 5.74) is 8.23. The second-order valence-electron chi connectivity index (χ2n) is 11.0. The molecule has 3 N–H and O–H groups in total. The van der Waals surface area contributed by atoms with Crippen LogP contribution in [0.1, 0.15) is 37.5 Å². The molecule has 1 amide bonds. The van der Waals surface area contributed by atoms with Crippen LogP contribution in [-0.4, -0.2) is 33.0 Å². The summed E-state index contributed by atoms with van der Waals surface area (Å²) in [6.45, 7) is 6.17. The highest BCUT2D eigenvalue weighted by molar-refractivity contribution is 5.86. The first kappa shape index (κ1) is 28.4. The van der Waals surface area contributed by atoms with Crippen LogP contribution in [0.25, 0.3) is 0 Å². The molecule has 214 valence electrons. The summed E-state index contributed by atoms with van der Waals surface area (Å²) in [6, 6.07) is 36.5. The van der Waals surface area contributed by atoms with Crippen molar-refractivity contribution in [1.82, 2.24) is 14.8 Å². The van der Waals surface area contributed by atoms with Crippen molar-refractivity contribution in [3.63, 3.8) is 0 Å². The standard InChI is InChI=1S/C34H36N6O2/c1-33(2,3)42-32(41)39(30-20-19-29(35)25-36-30)23-24-40-31(21-22-37-40)38-34(26-13-7-4-8-14-26,27-15-9-5-10-16-27)28-17-11-6-12-18-28/h4-22,25,38H,23-24,35H2,1-3H3. The van der Waals surface area contributed by atoms with Crippen molar-refractivity contribution >= 4 is 23.4 Å². The molecule has 42 heavy (non-hydrogen) atoms. The molecule has 8 nitrogen and oxygen atoms in total. The second kappa shape index (κ2) is 12.2. The van der Waals surface area contributed by atoms with Gasteiger partial charge < -0.3 is 15.8 Å². The molecule has 0 saturated carbocycles. The Balaban J connectivity index is 1.52. The number of nitrogens with two attached hydrogens (primary N) is 1. The van der Waals surface area contributed by atoms with Crippen molar-refractivity contribution in [2.24, 2.45) is 0 Å². The minimum absolute atomic E-state index is 0.275. The highest BCUT2D eigenvalue weighted by atomic mass is 16.6. The summed E-state index contributed by atoms with van der Waals surface area (Å²) in [7, 11) is 0. The van der Waals surface area contributed by atoms with E-state index >= 15 is 0 Å². The van der Waals surface area contributed by atoms with Crippen LogP contribution in [0.5, 0.6) is 0 Å². The lowest BCUT2D eigenvalue weighted by Gasteiger charge is -2.38. The molecule has 0 radical (unpaired) electrons. The number of ether oxygens (including phenoxy) is 1. The van der Waals surface area contributed by atoms with Crippen molar-refractivity contribution in [3.05, 3.63) is 138 Å². The van der Waals surface area contributed by atoms with Crippen LogP contribution in [0.4, 0.5) is 22.1 Å². The molecule has 0 saturated heterocycles. The van der Waals surface area contributed by atoms with Gasteiger partial charge in [0.25, 0.3) is 0 Å². The van der Waals surface area contributed by atoms with E-state index in [4.69, 9.17) is 10.5 Å². The molecule has 3 aromatic carbocycles. The van der Waals surface area contributed by atoms with E-state index in [1.54, 1.807) is 18.3 Å². The van der Waals surface area contributed by atoms with Gasteiger partial charge in [-0.05, 0) is 49.6 Å². The van der Waals surface area contributed by atoms with Crippen LogP contribution in [-0.2, 0) is 16.8 Å². The Hall–Kier alpha value is -5.11. The molecule has 5 aromatic rings. The number of nitrogen functional groups attached to an aromatic ring is 1. The Kier molecular flexibility index (Phi) is 8.24. The normalized spacial score (nSPS) is 11.6. The predicted octanol–water partition coefficient (Wildman–Crippen LogP) is 6.71. The van der Waals surface area contributed by atoms with E-state index in [1.165, 1.54) is 11.1 Å². The van der Waals surface area contributed by atoms with E-state index in [-0.39, 0.29) is 6.54 Å². The third-order valence-electron chi connectivity index (χ3n) is 6.85. The largest absolute Gasteiger partial charge is 0.443 e. The minimum Gasteiger partial charge on any atom is -0.443 e. The Bertz CT molecular complexity index is 1480. The van der Waals surface area contributed by atoms with Gasteiger partial charge in [-0.2, -0.15) is 5.10 Å². The molecule has 0 aliphatic rings. The van der Waals surface area contributed by atoms with Gasteiger partial charge in [0.05, 0.1) is 31.2 Å². The van der Waals surface area contributed by atoms with Gasteiger partial charge in [-0.15, -0.1) is 0 Å². The van der Waals surface area contributed by atoms with Crippen molar-refractivity contribution in [1.29, 1.82) is 0 Å². The van der Waals surface area contributed by atoms with Gasteiger partial charge in [0.1, 0.15) is 22.8 Å². The number of benzene rings is 3. The number of carbonyl (C=O) groups is 1. The van der Waals surface area contributed by atoms with Gasteiger partial charge >= 0.3 is 6.09 Å². The van der Waals surface area contributed by atoms with Gasteiger partial charge in [0.15, 0.2) is 0 Å². The highest BCUT2D eigenvalue weighted by Crippen LogP contribution is 2.40. The fraction of sp³-hybridized carbons (Fsp3) is 0.206. The summed E-state index contributed by atoms with van der Waals surface area (Å²) in [5.74, 6) is 1.24. The maximum atomic E-state index is 13.3. The summed E-state index contributed by atoms with van der Waals surface area (Å²) < 4.78 is 7.57. The summed E-state index contributed by atoms with van der Waals surface area (Å²) in [4.78, 5) is 19.2. The second-order valence-corrected chi connectivity index (χ2v) is 11.0. The first-order valence-corrected chi connectivity index (χ1v) is 13.9. The molecular weight excluding hydrogens is 524 g/mol. The lowest BCUT2D eigenvalue weighted by molar-refractivity contribution is 0.0577. The van der Waals surface area contributed by atoms with Crippen LogP contribution in [0.15, 0.2) is 122 Å². The molecule has 2 aromatic heterocycles. The number of anilines is 3. The van der Waals surface area contributed by atoms with Crippen LogP contribution >= 0.6 is 0 Å². The van der Waals surface area contributed by atoms with Crippen LogP contribution in [0, 0.1) is 0 Å². The fourth-order valence-corrected chi connectivity index (χ4v) is 4.96. The molecule has 0 aliphatic heterocycles. The van der Waals surface area contributed by atoms with E-state index in [0.717, 1.165) is 22.5 Å². The molecule has 0 unspecified atom stereocenters. The Morgan fingerprint density at radius 3 is 1.86 bits per heavy atom. The van der Waals surface area contributed by atoms with Crippen molar-refractivity contribution in [2.75, 3.05) is 22.5 Å². The van der Waals surface area contributed by atoms with Gasteiger partial charge in [-0.3, -0.25) is 4.90 Å². The predicted molar refractivity (Wildman–Crippen MR) is 167 cm³/mol. The number of aromatic nitrogens is 3. The third-order valence-corrected chi connectivity index (χ3v) is 6.85. The number of nitrogens with one attached hydrogen (secondary N) is 1. The molecular formula is C34H36N6O2. The summed E-state index contributed by atoms with van der Waals surface area (Å²) >= 11 is 0. The number of pyridine rings is 1. The maximum Gasteiger partial charge on any atom is 0.416 e. The van der Waals surface area contributed by atoms with Gasteiger partial charge in [-0.25, -0.2) is 14.5 Å². The first-order valence-electron chi connectivity index (χ1n) is 13.9. The fourth-order valence-electron chi connectivity index (χ4n) is 4.96. The quantitative estimate of drug-likeness (QED) is 0.195. The lowest BCUT2D eigenvalue weighted by Crippen LogP contribution is -2.40. The number of hydrogen-bond donors (Lipinski definition) is 2. The number of carbonyl (C=O) groups excluding carboxylic acids is 1. The van der Waals surface area contributed by atoms with E-state index in [1.807, 2.05) is 86.1 Å². The Morgan fingerprint density at radius 1 is 0.833 bits per heavy atom. The minimum atomic E-state index is -0.717. The average molecular weight is 561 g/mol. The Morgan fingerprint density at radius 2 is 1.38 bits per heavy atom. The number of rotatable bonds is 9. The van der Waals surface area contributed by atoms with E-state index in [0.29, 0.717) is 18.1 Å². The van der Waals surface area contributed by atoms with E-state index in [9.17, 15) is 4.79 Å². The van der Waals surface area contributed by atoms with E-state index < -0.39 is 17.2 Å². The Labute approximate surface area is 246 Å². The molecule has 0 aliphatic carbocycles. The van der Waals surface area contributed by atoms with E-state index in [2.05, 4.69) is 51.8 Å². The molecule has 2 heterocycles. The SMILES string of the molecule is CC(C)(C)OC(=O)N(CCn1nccc1NC(c1ccccc1)(c1ccccc1)c1ccccc1)c1ccc(N)cn1. The van der Waals surface area contributed by atoms with Crippen LogP contribution in [0.2, 0.25) is 0 Å². The van der Waals surface area contributed by atoms with Crippen LogP contribution < -0.4 is 16.0 Å². The lowest BCUT2D eigenvalue weighted by atomic mass is 9.77. The summed E-state index contributed by atoms with van der Waals surface area (Å²) in [6.07, 6.45) is 2.79.